The fourth-order valence-corrected chi connectivity index (χ4v) is 2.91. The Balaban J connectivity index is 1.82. The van der Waals surface area contributed by atoms with Crippen molar-refractivity contribution < 1.29 is 19.1 Å². The van der Waals surface area contributed by atoms with Gasteiger partial charge in [0.05, 0.1) is 24.8 Å². The third-order valence-electron chi connectivity index (χ3n) is 4.34. The molecule has 0 unspecified atom stereocenters. The van der Waals surface area contributed by atoms with Crippen LogP contribution in [-0.4, -0.2) is 53.8 Å². The number of ketones is 1. The lowest BCUT2D eigenvalue weighted by Crippen LogP contribution is -2.55. The van der Waals surface area contributed by atoms with Crippen molar-refractivity contribution in [2.24, 2.45) is 0 Å². The van der Waals surface area contributed by atoms with Crippen molar-refractivity contribution in [2.45, 2.75) is 45.2 Å². The number of Topliss-reactive ketones (excluding diaryl/α,β-unsaturated/α-hetero) is 1. The molecule has 0 aromatic heterocycles. The molecule has 2 rings (SSSR count). The van der Waals surface area contributed by atoms with Gasteiger partial charge in [0.1, 0.15) is 0 Å². The van der Waals surface area contributed by atoms with Crippen LogP contribution in [0, 0.1) is 0 Å². The zero-order valence-electron chi connectivity index (χ0n) is 15.1. The van der Waals surface area contributed by atoms with E-state index in [0.29, 0.717) is 25.3 Å². The lowest BCUT2D eigenvalue weighted by molar-refractivity contribution is -0.147. The van der Waals surface area contributed by atoms with Crippen LogP contribution in [0.2, 0.25) is 0 Å². The summed E-state index contributed by atoms with van der Waals surface area (Å²) in [6.07, 6.45) is 0.195. The van der Waals surface area contributed by atoms with Crippen LogP contribution in [0.4, 0.5) is 0 Å². The van der Waals surface area contributed by atoms with Gasteiger partial charge in [0.2, 0.25) is 11.8 Å². The highest BCUT2D eigenvalue weighted by atomic mass is 16.5. The number of nitrogens with zero attached hydrogens (tertiary/aromatic N) is 1. The molecule has 1 heterocycles. The Hall–Kier alpha value is -2.21. The average Bonchev–Trinajstić information content (AvgIpc) is 2.59. The largest absolute Gasteiger partial charge is 0.377 e. The third kappa shape index (κ3) is 5.13. The molecule has 0 radical (unpaired) electrons. The number of benzene rings is 1. The number of rotatable bonds is 6. The molecule has 136 valence electrons. The van der Waals surface area contributed by atoms with Crippen molar-refractivity contribution in [1.29, 1.82) is 0 Å². The summed E-state index contributed by atoms with van der Waals surface area (Å²) in [5.41, 5.74) is 0.198. The molecule has 0 bridgehead atoms. The summed E-state index contributed by atoms with van der Waals surface area (Å²) in [7, 11) is 0. The molecule has 1 N–H and O–H groups in total. The van der Waals surface area contributed by atoms with Gasteiger partial charge in [-0.2, -0.15) is 0 Å². The van der Waals surface area contributed by atoms with E-state index >= 15 is 0 Å². The Morgan fingerprint density at radius 2 is 1.88 bits per heavy atom. The molecule has 1 aliphatic rings. The van der Waals surface area contributed by atoms with E-state index in [1.54, 1.807) is 36.1 Å². The van der Waals surface area contributed by atoms with Gasteiger partial charge in [0, 0.05) is 24.9 Å². The second-order valence-electron chi connectivity index (χ2n) is 6.93. The lowest BCUT2D eigenvalue weighted by atomic mass is 10.0. The SMILES string of the molecule is C[C@@H](NC(=O)CCC(=O)N1CCOCC1(C)C)C(=O)c1ccccc1. The van der Waals surface area contributed by atoms with Gasteiger partial charge in [0.25, 0.3) is 0 Å². The normalized spacial score (nSPS) is 17.6. The van der Waals surface area contributed by atoms with Crippen molar-refractivity contribution in [3.63, 3.8) is 0 Å². The first-order chi connectivity index (χ1) is 11.8. The molecule has 6 nitrogen and oxygen atoms in total. The molecular formula is C19H26N2O4. The number of nitrogens with one attached hydrogen (secondary N) is 1. The number of carbonyl (C=O) groups excluding carboxylic acids is 3. The highest BCUT2D eigenvalue weighted by Gasteiger charge is 2.33. The number of amides is 2. The van der Waals surface area contributed by atoms with Gasteiger partial charge in [-0.1, -0.05) is 30.3 Å². The van der Waals surface area contributed by atoms with Crippen molar-refractivity contribution in [3.8, 4) is 0 Å². The molecule has 0 saturated carbocycles. The second kappa shape index (κ2) is 8.25. The van der Waals surface area contributed by atoms with Gasteiger partial charge >= 0.3 is 0 Å². The molecule has 0 spiro atoms. The van der Waals surface area contributed by atoms with Crippen LogP contribution in [-0.2, 0) is 14.3 Å². The maximum atomic E-state index is 12.4. The third-order valence-corrected chi connectivity index (χ3v) is 4.34. The van der Waals surface area contributed by atoms with Gasteiger partial charge in [-0.05, 0) is 20.8 Å². The van der Waals surface area contributed by atoms with Crippen LogP contribution in [0.25, 0.3) is 0 Å². The average molecular weight is 346 g/mol. The predicted molar refractivity (Wildman–Crippen MR) is 94.2 cm³/mol. The topological polar surface area (TPSA) is 75.7 Å². The highest BCUT2D eigenvalue weighted by molar-refractivity contribution is 6.01. The van der Waals surface area contributed by atoms with E-state index in [1.165, 1.54) is 0 Å². The monoisotopic (exact) mass is 346 g/mol. The van der Waals surface area contributed by atoms with Gasteiger partial charge < -0.3 is 15.0 Å². The van der Waals surface area contributed by atoms with Crippen molar-refractivity contribution >= 4 is 17.6 Å². The Kier molecular flexibility index (Phi) is 6.31. The Labute approximate surface area is 148 Å². The fourth-order valence-electron chi connectivity index (χ4n) is 2.91. The summed E-state index contributed by atoms with van der Waals surface area (Å²) < 4.78 is 5.40. The summed E-state index contributed by atoms with van der Waals surface area (Å²) in [4.78, 5) is 38.5. The summed E-state index contributed by atoms with van der Waals surface area (Å²) >= 11 is 0. The van der Waals surface area contributed by atoms with Crippen LogP contribution in [0.3, 0.4) is 0 Å². The smallest absolute Gasteiger partial charge is 0.223 e. The minimum absolute atomic E-state index is 0.0644. The zero-order valence-corrected chi connectivity index (χ0v) is 15.1. The van der Waals surface area contributed by atoms with Gasteiger partial charge in [-0.3, -0.25) is 14.4 Å². The molecule has 2 amide bonds. The summed E-state index contributed by atoms with van der Waals surface area (Å²) in [5.74, 6) is -0.503. The number of ether oxygens (including phenoxy) is 1. The predicted octanol–water partition coefficient (Wildman–Crippen LogP) is 1.79. The lowest BCUT2D eigenvalue weighted by Gasteiger charge is -2.42. The molecule has 1 atom stereocenters. The van der Waals surface area contributed by atoms with E-state index in [2.05, 4.69) is 5.32 Å². The standard InChI is InChI=1S/C19H26N2O4/c1-14(18(24)15-7-5-4-6-8-15)20-16(22)9-10-17(23)21-11-12-25-13-19(21,2)3/h4-8,14H,9-13H2,1-3H3,(H,20,22)/t14-/m1/s1. The Morgan fingerprint density at radius 3 is 2.52 bits per heavy atom. The first-order valence-electron chi connectivity index (χ1n) is 8.58. The van der Waals surface area contributed by atoms with E-state index in [1.807, 2.05) is 19.9 Å². The number of hydrogen-bond donors (Lipinski definition) is 1. The highest BCUT2D eigenvalue weighted by Crippen LogP contribution is 2.20. The summed E-state index contributed by atoms with van der Waals surface area (Å²) in [6.45, 7) is 7.10. The molecule has 1 saturated heterocycles. The van der Waals surface area contributed by atoms with Gasteiger partial charge in [-0.25, -0.2) is 0 Å². The molecule has 25 heavy (non-hydrogen) atoms. The number of hydrogen-bond acceptors (Lipinski definition) is 4. The first kappa shape index (κ1) is 19.1. The van der Waals surface area contributed by atoms with Crippen molar-refractivity contribution in [3.05, 3.63) is 35.9 Å². The van der Waals surface area contributed by atoms with Crippen LogP contribution < -0.4 is 5.32 Å². The molecule has 1 aliphatic heterocycles. The Bertz CT molecular complexity index is 628. The van der Waals surface area contributed by atoms with E-state index in [0.717, 1.165) is 0 Å². The molecule has 1 fully saturated rings. The van der Waals surface area contributed by atoms with Crippen LogP contribution in [0.1, 0.15) is 44.0 Å². The molecule has 0 aliphatic carbocycles. The maximum Gasteiger partial charge on any atom is 0.223 e. The summed E-state index contributed by atoms with van der Waals surface area (Å²) in [5, 5.41) is 2.67. The van der Waals surface area contributed by atoms with E-state index in [9.17, 15) is 14.4 Å². The molecular weight excluding hydrogens is 320 g/mol. The number of morpholine rings is 1. The minimum atomic E-state index is -0.621. The molecule has 1 aromatic carbocycles. The van der Waals surface area contributed by atoms with Gasteiger partial charge in [0.15, 0.2) is 5.78 Å². The van der Waals surface area contributed by atoms with Crippen LogP contribution in [0.5, 0.6) is 0 Å². The summed E-state index contributed by atoms with van der Waals surface area (Å²) in [6, 6.07) is 8.21. The van der Waals surface area contributed by atoms with Crippen LogP contribution >= 0.6 is 0 Å². The van der Waals surface area contributed by atoms with Crippen molar-refractivity contribution in [1.82, 2.24) is 10.2 Å². The Morgan fingerprint density at radius 1 is 1.20 bits per heavy atom. The van der Waals surface area contributed by atoms with Gasteiger partial charge in [-0.15, -0.1) is 0 Å². The van der Waals surface area contributed by atoms with E-state index < -0.39 is 6.04 Å². The maximum absolute atomic E-state index is 12.4. The molecule has 1 aromatic rings. The van der Waals surface area contributed by atoms with Crippen molar-refractivity contribution in [2.75, 3.05) is 19.8 Å². The fraction of sp³-hybridized carbons (Fsp3) is 0.526. The van der Waals surface area contributed by atoms with E-state index in [4.69, 9.17) is 4.74 Å². The minimum Gasteiger partial charge on any atom is -0.377 e. The first-order valence-corrected chi connectivity index (χ1v) is 8.58. The second-order valence-corrected chi connectivity index (χ2v) is 6.93. The molecule has 6 heteroatoms. The quantitative estimate of drug-likeness (QED) is 0.797. The van der Waals surface area contributed by atoms with Crippen LogP contribution in [0.15, 0.2) is 30.3 Å². The zero-order chi connectivity index (χ0) is 18.4. The number of carbonyl (C=O) groups is 3. The van der Waals surface area contributed by atoms with E-state index in [-0.39, 0.29) is 36.0 Å².